The standard InChI is InChI=1S/C17H20N2O2/c1-21-12-13-6-5-9-15(10-13)19-17(20)16(11-18)14-7-3-2-4-8-14/h2-10,16H,11-12,18H2,1H3,(H,19,20). The Hall–Kier alpha value is -2.17. The first-order chi connectivity index (χ1) is 10.2. The molecule has 0 aliphatic carbocycles. The fourth-order valence-corrected chi connectivity index (χ4v) is 2.21. The molecule has 1 atom stereocenters. The van der Waals surface area contributed by atoms with Crippen molar-refractivity contribution in [2.45, 2.75) is 12.5 Å². The maximum Gasteiger partial charge on any atom is 0.233 e. The van der Waals surface area contributed by atoms with Crippen LogP contribution >= 0.6 is 0 Å². The third-order valence-electron chi connectivity index (χ3n) is 3.26. The Balaban J connectivity index is 2.11. The summed E-state index contributed by atoms with van der Waals surface area (Å²) in [5.41, 5.74) is 8.44. The summed E-state index contributed by atoms with van der Waals surface area (Å²) in [6.07, 6.45) is 0. The largest absolute Gasteiger partial charge is 0.380 e. The van der Waals surface area contributed by atoms with Crippen LogP contribution in [0.4, 0.5) is 5.69 Å². The van der Waals surface area contributed by atoms with Gasteiger partial charge in [-0.3, -0.25) is 4.79 Å². The van der Waals surface area contributed by atoms with Crippen LogP contribution in [0, 0.1) is 0 Å². The smallest absolute Gasteiger partial charge is 0.233 e. The molecule has 0 saturated carbocycles. The molecule has 0 aliphatic heterocycles. The van der Waals surface area contributed by atoms with Gasteiger partial charge in [0.1, 0.15) is 0 Å². The number of rotatable bonds is 6. The average Bonchev–Trinajstić information content (AvgIpc) is 2.50. The predicted octanol–water partition coefficient (Wildman–Crippen LogP) is 2.51. The molecule has 2 rings (SSSR count). The summed E-state index contributed by atoms with van der Waals surface area (Å²) < 4.78 is 5.09. The minimum absolute atomic E-state index is 0.0988. The van der Waals surface area contributed by atoms with Crippen molar-refractivity contribution < 1.29 is 9.53 Å². The number of nitrogens with one attached hydrogen (secondary N) is 1. The molecule has 2 aromatic rings. The van der Waals surface area contributed by atoms with E-state index >= 15 is 0 Å². The molecule has 2 aromatic carbocycles. The van der Waals surface area contributed by atoms with Crippen molar-refractivity contribution in [2.24, 2.45) is 5.73 Å². The Morgan fingerprint density at radius 1 is 1.19 bits per heavy atom. The first-order valence-electron chi connectivity index (χ1n) is 6.88. The van der Waals surface area contributed by atoms with E-state index < -0.39 is 0 Å². The third kappa shape index (κ3) is 4.15. The Morgan fingerprint density at radius 2 is 1.95 bits per heavy atom. The average molecular weight is 284 g/mol. The lowest BCUT2D eigenvalue weighted by atomic mass is 9.98. The van der Waals surface area contributed by atoms with E-state index in [9.17, 15) is 4.79 Å². The highest BCUT2D eigenvalue weighted by Gasteiger charge is 2.18. The Labute approximate surface area is 124 Å². The summed E-state index contributed by atoms with van der Waals surface area (Å²) in [6.45, 7) is 0.788. The molecule has 0 aliphatic rings. The van der Waals surface area contributed by atoms with E-state index in [0.717, 1.165) is 16.8 Å². The van der Waals surface area contributed by atoms with E-state index in [2.05, 4.69) is 5.32 Å². The molecule has 0 fully saturated rings. The molecule has 0 radical (unpaired) electrons. The highest BCUT2D eigenvalue weighted by Crippen LogP contribution is 2.18. The molecule has 110 valence electrons. The van der Waals surface area contributed by atoms with E-state index in [4.69, 9.17) is 10.5 Å². The van der Waals surface area contributed by atoms with Gasteiger partial charge in [-0.05, 0) is 23.3 Å². The summed E-state index contributed by atoms with van der Waals surface area (Å²) in [7, 11) is 1.64. The van der Waals surface area contributed by atoms with Gasteiger partial charge in [0.15, 0.2) is 0 Å². The second kappa shape index (κ2) is 7.57. The number of amides is 1. The number of carbonyl (C=O) groups excluding carboxylic acids is 1. The number of hydrogen-bond donors (Lipinski definition) is 2. The Kier molecular flexibility index (Phi) is 5.49. The third-order valence-corrected chi connectivity index (χ3v) is 3.26. The molecule has 0 bridgehead atoms. The monoisotopic (exact) mass is 284 g/mol. The first kappa shape index (κ1) is 15.2. The molecule has 1 unspecified atom stereocenters. The molecule has 0 aromatic heterocycles. The molecule has 4 nitrogen and oxygen atoms in total. The van der Waals surface area contributed by atoms with Crippen molar-refractivity contribution in [2.75, 3.05) is 19.0 Å². The highest BCUT2D eigenvalue weighted by molar-refractivity contribution is 5.96. The van der Waals surface area contributed by atoms with Crippen LogP contribution < -0.4 is 11.1 Å². The molecular formula is C17H20N2O2. The molecular weight excluding hydrogens is 264 g/mol. The highest BCUT2D eigenvalue weighted by atomic mass is 16.5. The van der Waals surface area contributed by atoms with Crippen molar-refractivity contribution in [1.82, 2.24) is 0 Å². The van der Waals surface area contributed by atoms with Gasteiger partial charge in [0.25, 0.3) is 0 Å². The molecule has 0 saturated heterocycles. The lowest BCUT2D eigenvalue weighted by Crippen LogP contribution is -2.27. The fourth-order valence-electron chi connectivity index (χ4n) is 2.21. The molecule has 21 heavy (non-hydrogen) atoms. The second-order valence-electron chi connectivity index (χ2n) is 4.82. The van der Waals surface area contributed by atoms with Crippen molar-refractivity contribution in [3.63, 3.8) is 0 Å². The number of hydrogen-bond acceptors (Lipinski definition) is 3. The quantitative estimate of drug-likeness (QED) is 0.856. The molecule has 0 spiro atoms. The topological polar surface area (TPSA) is 64.3 Å². The molecule has 3 N–H and O–H groups in total. The zero-order valence-corrected chi connectivity index (χ0v) is 12.1. The molecule has 4 heteroatoms. The van der Waals surface area contributed by atoms with Gasteiger partial charge >= 0.3 is 0 Å². The number of nitrogens with two attached hydrogens (primary N) is 1. The van der Waals surface area contributed by atoms with E-state index in [-0.39, 0.29) is 18.4 Å². The first-order valence-corrected chi connectivity index (χ1v) is 6.88. The SMILES string of the molecule is COCc1cccc(NC(=O)C(CN)c2ccccc2)c1. The number of anilines is 1. The normalized spacial score (nSPS) is 11.9. The number of methoxy groups -OCH3 is 1. The fraction of sp³-hybridized carbons (Fsp3) is 0.235. The van der Waals surface area contributed by atoms with Gasteiger partial charge in [-0.1, -0.05) is 42.5 Å². The lowest BCUT2D eigenvalue weighted by molar-refractivity contribution is -0.117. The van der Waals surface area contributed by atoms with Crippen LogP contribution in [0.2, 0.25) is 0 Å². The minimum atomic E-state index is -0.350. The van der Waals surface area contributed by atoms with Gasteiger partial charge in [0, 0.05) is 19.3 Å². The van der Waals surface area contributed by atoms with Crippen LogP contribution in [-0.4, -0.2) is 19.6 Å². The van der Waals surface area contributed by atoms with Crippen molar-refractivity contribution in [3.05, 3.63) is 65.7 Å². The summed E-state index contributed by atoms with van der Waals surface area (Å²) >= 11 is 0. The van der Waals surface area contributed by atoms with Crippen LogP contribution in [0.3, 0.4) is 0 Å². The van der Waals surface area contributed by atoms with Crippen LogP contribution in [0.15, 0.2) is 54.6 Å². The van der Waals surface area contributed by atoms with E-state index in [1.165, 1.54) is 0 Å². The van der Waals surface area contributed by atoms with Gasteiger partial charge in [-0.15, -0.1) is 0 Å². The lowest BCUT2D eigenvalue weighted by Gasteiger charge is -2.15. The zero-order valence-electron chi connectivity index (χ0n) is 12.1. The summed E-state index contributed by atoms with van der Waals surface area (Å²) in [4.78, 5) is 12.4. The van der Waals surface area contributed by atoms with Gasteiger partial charge in [-0.25, -0.2) is 0 Å². The maximum atomic E-state index is 12.4. The summed E-state index contributed by atoms with van der Waals surface area (Å²) in [5, 5.41) is 2.92. The van der Waals surface area contributed by atoms with Gasteiger partial charge in [0.2, 0.25) is 5.91 Å². The molecule has 1 amide bonds. The van der Waals surface area contributed by atoms with E-state index in [1.54, 1.807) is 7.11 Å². The maximum absolute atomic E-state index is 12.4. The Morgan fingerprint density at radius 3 is 2.62 bits per heavy atom. The minimum Gasteiger partial charge on any atom is -0.380 e. The van der Waals surface area contributed by atoms with Crippen molar-refractivity contribution in [3.8, 4) is 0 Å². The number of carbonyl (C=O) groups is 1. The number of benzene rings is 2. The van der Waals surface area contributed by atoms with Crippen LogP contribution in [0.1, 0.15) is 17.0 Å². The van der Waals surface area contributed by atoms with E-state index in [1.807, 2.05) is 54.6 Å². The van der Waals surface area contributed by atoms with Crippen LogP contribution in [0.25, 0.3) is 0 Å². The second-order valence-corrected chi connectivity index (χ2v) is 4.82. The van der Waals surface area contributed by atoms with Crippen LogP contribution in [-0.2, 0) is 16.1 Å². The van der Waals surface area contributed by atoms with Gasteiger partial charge in [-0.2, -0.15) is 0 Å². The zero-order chi connectivity index (χ0) is 15.1. The predicted molar refractivity (Wildman–Crippen MR) is 84.0 cm³/mol. The summed E-state index contributed by atoms with van der Waals surface area (Å²) in [5.74, 6) is -0.449. The van der Waals surface area contributed by atoms with Crippen molar-refractivity contribution >= 4 is 11.6 Å². The molecule has 0 heterocycles. The van der Waals surface area contributed by atoms with Gasteiger partial charge in [0.05, 0.1) is 12.5 Å². The number of ether oxygens (including phenoxy) is 1. The Bertz CT molecular complexity index is 584. The van der Waals surface area contributed by atoms with Gasteiger partial charge < -0.3 is 15.8 Å². The van der Waals surface area contributed by atoms with Crippen LogP contribution in [0.5, 0.6) is 0 Å². The van der Waals surface area contributed by atoms with E-state index in [0.29, 0.717) is 6.61 Å². The van der Waals surface area contributed by atoms with Crippen molar-refractivity contribution in [1.29, 1.82) is 0 Å². The summed E-state index contributed by atoms with van der Waals surface area (Å²) in [6, 6.07) is 17.2.